The quantitative estimate of drug-likeness (QED) is 0.484. The van der Waals surface area contributed by atoms with E-state index in [1.807, 2.05) is 11.8 Å². The van der Waals surface area contributed by atoms with Crippen molar-refractivity contribution < 1.29 is 28.3 Å². The summed E-state index contributed by atoms with van der Waals surface area (Å²) in [5.74, 6) is -1.11. The van der Waals surface area contributed by atoms with E-state index >= 15 is 0 Å². The van der Waals surface area contributed by atoms with Crippen molar-refractivity contribution >= 4 is 40.0 Å². The minimum absolute atomic E-state index is 0.00166. The predicted octanol–water partition coefficient (Wildman–Crippen LogP) is 2.33. The van der Waals surface area contributed by atoms with Crippen molar-refractivity contribution in [3.05, 3.63) is 39.7 Å². The normalized spacial score (nSPS) is 14.5. The first-order chi connectivity index (χ1) is 16.2. The van der Waals surface area contributed by atoms with Crippen LogP contribution in [0.4, 0.5) is 5.00 Å². The van der Waals surface area contributed by atoms with Crippen LogP contribution in [0.3, 0.4) is 0 Å². The Morgan fingerprint density at radius 2 is 1.88 bits per heavy atom. The van der Waals surface area contributed by atoms with E-state index in [0.717, 1.165) is 16.9 Å². The molecule has 3 heterocycles. The number of thiophene rings is 1. The van der Waals surface area contributed by atoms with Crippen molar-refractivity contribution in [1.82, 2.24) is 15.5 Å². The first kappa shape index (κ1) is 25.4. The van der Waals surface area contributed by atoms with E-state index < -0.39 is 5.97 Å². The number of piperidine rings is 1. The Kier molecular flexibility index (Phi) is 8.46. The van der Waals surface area contributed by atoms with Crippen molar-refractivity contribution in [3.8, 4) is 0 Å². The zero-order valence-electron chi connectivity index (χ0n) is 19.8. The first-order valence-corrected chi connectivity index (χ1v) is 12.0. The Morgan fingerprint density at radius 3 is 2.47 bits per heavy atom. The average molecular weight is 491 g/mol. The number of nitrogens with zero attached hydrogens (tertiary/aromatic N) is 1. The fourth-order valence-corrected chi connectivity index (χ4v) is 5.00. The van der Waals surface area contributed by atoms with Gasteiger partial charge >= 0.3 is 5.97 Å². The van der Waals surface area contributed by atoms with Gasteiger partial charge in [-0.2, -0.15) is 0 Å². The van der Waals surface area contributed by atoms with Crippen LogP contribution in [0.25, 0.3) is 0 Å². The second-order valence-electron chi connectivity index (χ2n) is 8.06. The summed E-state index contributed by atoms with van der Waals surface area (Å²) in [4.78, 5) is 52.1. The van der Waals surface area contributed by atoms with Gasteiger partial charge in [0.2, 0.25) is 5.91 Å². The summed E-state index contributed by atoms with van der Waals surface area (Å²) in [5.41, 5.74) is 1.46. The number of rotatable bonds is 8. The molecule has 0 aromatic carbocycles. The number of hydrogen-bond acceptors (Lipinski definition) is 8. The lowest BCUT2D eigenvalue weighted by atomic mass is 10.0. The minimum Gasteiger partial charge on any atom is -0.462 e. The van der Waals surface area contributed by atoms with E-state index in [2.05, 4.69) is 16.0 Å². The van der Waals surface area contributed by atoms with Crippen LogP contribution in [-0.2, 0) is 9.53 Å². The number of carbonyl (C=O) groups excluding carboxylic acids is 4. The number of hydrogen-bond donors (Lipinski definition) is 3. The molecule has 0 unspecified atom stereocenters. The lowest BCUT2D eigenvalue weighted by molar-refractivity contribution is -0.117. The second kappa shape index (κ2) is 11.3. The monoisotopic (exact) mass is 490 g/mol. The molecule has 0 aliphatic carbocycles. The molecule has 0 bridgehead atoms. The highest BCUT2D eigenvalue weighted by molar-refractivity contribution is 7.18. The van der Waals surface area contributed by atoms with Gasteiger partial charge in [-0.3, -0.25) is 19.3 Å². The van der Waals surface area contributed by atoms with E-state index in [1.165, 1.54) is 13.3 Å². The zero-order valence-corrected chi connectivity index (χ0v) is 20.6. The molecule has 11 heteroatoms. The molecule has 3 N–H and O–H groups in total. The lowest BCUT2D eigenvalue weighted by Gasteiger charge is -2.31. The predicted molar refractivity (Wildman–Crippen MR) is 127 cm³/mol. The maximum atomic E-state index is 12.7. The zero-order chi connectivity index (χ0) is 24.8. The van der Waals surface area contributed by atoms with Gasteiger partial charge in [0.25, 0.3) is 11.8 Å². The number of anilines is 1. The number of furan rings is 1. The van der Waals surface area contributed by atoms with Gasteiger partial charge in [-0.1, -0.05) is 0 Å². The lowest BCUT2D eigenvalue weighted by Crippen LogP contribution is -2.46. The Hall–Kier alpha value is -3.18. The summed E-state index contributed by atoms with van der Waals surface area (Å²) < 4.78 is 10.4. The van der Waals surface area contributed by atoms with Crippen LogP contribution >= 0.6 is 11.3 Å². The van der Waals surface area contributed by atoms with Crippen LogP contribution in [0.1, 0.15) is 61.5 Å². The number of nitrogens with one attached hydrogen (secondary N) is 3. The Morgan fingerprint density at radius 1 is 1.18 bits per heavy atom. The molecule has 3 rings (SSSR count). The second-order valence-corrected chi connectivity index (χ2v) is 9.09. The van der Waals surface area contributed by atoms with Gasteiger partial charge in [0.05, 0.1) is 29.9 Å². The summed E-state index contributed by atoms with van der Waals surface area (Å²) in [5, 5.41) is 8.61. The SMILES string of the molecule is CCOC(=O)c1c(NC(=O)CN2CCC(NC(=O)c3occc3C)CC2)sc(C(=O)NC)c1C. The fourth-order valence-electron chi connectivity index (χ4n) is 3.84. The number of aryl methyl sites for hydroxylation is 1. The Labute approximate surface area is 202 Å². The largest absolute Gasteiger partial charge is 0.462 e. The third-order valence-corrected chi connectivity index (χ3v) is 6.88. The van der Waals surface area contributed by atoms with Gasteiger partial charge in [-0.15, -0.1) is 11.3 Å². The molecule has 10 nitrogen and oxygen atoms in total. The highest BCUT2D eigenvalue weighted by Crippen LogP contribution is 2.33. The molecular formula is C23H30N4O6S. The summed E-state index contributed by atoms with van der Waals surface area (Å²) in [6.45, 7) is 6.75. The number of ether oxygens (including phenoxy) is 1. The number of likely N-dealkylation sites (tertiary alicyclic amines) is 1. The number of esters is 1. The van der Waals surface area contributed by atoms with Gasteiger partial charge < -0.3 is 25.1 Å². The van der Waals surface area contributed by atoms with Crippen LogP contribution in [-0.4, -0.2) is 67.9 Å². The highest BCUT2D eigenvalue weighted by atomic mass is 32.1. The van der Waals surface area contributed by atoms with Gasteiger partial charge in [-0.25, -0.2) is 4.79 Å². The van der Waals surface area contributed by atoms with Gasteiger partial charge in [0, 0.05) is 31.7 Å². The molecular weight excluding hydrogens is 460 g/mol. The molecule has 0 atom stereocenters. The average Bonchev–Trinajstić information content (AvgIpc) is 3.37. The first-order valence-electron chi connectivity index (χ1n) is 11.1. The molecule has 3 amide bonds. The third-order valence-electron chi connectivity index (χ3n) is 5.67. The van der Waals surface area contributed by atoms with E-state index in [9.17, 15) is 19.2 Å². The molecule has 184 valence electrons. The van der Waals surface area contributed by atoms with Crippen molar-refractivity contribution in [1.29, 1.82) is 0 Å². The Balaban J connectivity index is 1.58. The summed E-state index contributed by atoms with van der Waals surface area (Å²) in [6, 6.07) is 1.75. The van der Waals surface area contributed by atoms with Crippen molar-refractivity contribution in [2.75, 3.05) is 38.6 Å². The molecule has 1 fully saturated rings. The molecule has 0 radical (unpaired) electrons. The molecule has 1 saturated heterocycles. The molecule has 1 aliphatic heterocycles. The Bertz CT molecular complexity index is 1070. The maximum absolute atomic E-state index is 12.7. The van der Waals surface area contributed by atoms with Crippen LogP contribution in [0.5, 0.6) is 0 Å². The minimum atomic E-state index is -0.579. The summed E-state index contributed by atoms with van der Waals surface area (Å²) in [7, 11) is 1.51. The number of amides is 3. The van der Waals surface area contributed by atoms with E-state index in [4.69, 9.17) is 9.15 Å². The van der Waals surface area contributed by atoms with Gasteiger partial charge in [0.15, 0.2) is 5.76 Å². The molecule has 34 heavy (non-hydrogen) atoms. The molecule has 2 aromatic heterocycles. The highest BCUT2D eigenvalue weighted by Gasteiger charge is 2.28. The van der Waals surface area contributed by atoms with Crippen molar-refractivity contribution in [2.24, 2.45) is 0 Å². The van der Waals surface area contributed by atoms with E-state index in [-0.39, 0.29) is 42.5 Å². The standard InChI is InChI=1S/C23H30N4O6S/c1-5-32-23(31)17-14(3)19(21(30)24-4)34-22(17)26-16(28)12-27-9-6-15(7-10-27)25-20(29)18-13(2)8-11-33-18/h8,11,15H,5-7,9-10,12H2,1-4H3,(H,24,30)(H,25,29)(H,26,28). The van der Waals surface area contributed by atoms with Crippen LogP contribution in [0.15, 0.2) is 16.7 Å². The number of carbonyl (C=O) groups is 4. The molecule has 0 spiro atoms. The van der Waals surface area contributed by atoms with E-state index in [1.54, 1.807) is 19.9 Å². The maximum Gasteiger partial charge on any atom is 0.341 e. The van der Waals surface area contributed by atoms with Crippen molar-refractivity contribution in [2.45, 2.75) is 39.7 Å². The van der Waals surface area contributed by atoms with E-state index in [0.29, 0.717) is 47.1 Å². The summed E-state index contributed by atoms with van der Waals surface area (Å²) >= 11 is 1.05. The molecule has 2 aromatic rings. The topological polar surface area (TPSA) is 130 Å². The fraction of sp³-hybridized carbons (Fsp3) is 0.478. The van der Waals surface area contributed by atoms with Gasteiger partial charge in [-0.05, 0) is 45.2 Å². The smallest absolute Gasteiger partial charge is 0.341 e. The van der Waals surface area contributed by atoms with Gasteiger partial charge in [0.1, 0.15) is 5.00 Å². The summed E-state index contributed by atoms with van der Waals surface area (Å²) in [6.07, 6.45) is 2.89. The third kappa shape index (κ3) is 5.84. The van der Waals surface area contributed by atoms with Crippen molar-refractivity contribution in [3.63, 3.8) is 0 Å². The molecule has 0 saturated carbocycles. The van der Waals surface area contributed by atoms with Crippen LogP contribution in [0.2, 0.25) is 0 Å². The molecule has 1 aliphatic rings. The van der Waals surface area contributed by atoms with Crippen LogP contribution < -0.4 is 16.0 Å². The van der Waals surface area contributed by atoms with Crippen LogP contribution in [0, 0.1) is 13.8 Å².